The summed E-state index contributed by atoms with van der Waals surface area (Å²) < 4.78 is 1.65. The van der Waals surface area contributed by atoms with Crippen molar-refractivity contribution in [2.45, 2.75) is 38.4 Å². The first-order valence-electron chi connectivity index (χ1n) is 8.67. The van der Waals surface area contributed by atoms with Crippen LogP contribution in [0, 0.1) is 12.8 Å². The monoisotopic (exact) mass is 357 g/mol. The smallest absolute Gasteiger partial charge is 0.257 e. The van der Waals surface area contributed by atoms with Crippen molar-refractivity contribution >= 4 is 23.4 Å². The van der Waals surface area contributed by atoms with E-state index in [4.69, 9.17) is 0 Å². The van der Waals surface area contributed by atoms with Gasteiger partial charge in [-0.2, -0.15) is 0 Å². The summed E-state index contributed by atoms with van der Waals surface area (Å²) in [7, 11) is 0. The van der Waals surface area contributed by atoms with Crippen LogP contribution in [0.1, 0.15) is 25.3 Å². The number of amides is 1. The highest BCUT2D eigenvalue weighted by Crippen LogP contribution is 2.28. The second-order valence-electron chi connectivity index (χ2n) is 6.33. The molecule has 1 unspecified atom stereocenters. The number of nitrogens with zero attached hydrogens (tertiary/aromatic N) is 3. The number of carbonyl (C=O) groups is 1. The number of benzene rings is 1. The van der Waals surface area contributed by atoms with E-state index in [9.17, 15) is 9.59 Å². The van der Waals surface area contributed by atoms with E-state index < -0.39 is 0 Å². The van der Waals surface area contributed by atoms with Gasteiger partial charge in [0.2, 0.25) is 5.91 Å². The molecule has 1 aliphatic heterocycles. The quantitative estimate of drug-likeness (QED) is 0.772. The molecule has 0 aliphatic carbocycles. The predicted molar refractivity (Wildman–Crippen MR) is 101 cm³/mol. The van der Waals surface area contributed by atoms with Crippen LogP contribution in [0.5, 0.6) is 0 Å². The molecule has 3 rings (SSSR count). The third-order valence-corrected chi connectivity index (χ3v) is 5.57. The largest absolute Gasteiger partial charge is 0.312 e. The van der Waals surface area contributed by atoms with Gasteiger partial charge < -0.3 is 4.90 Å². The third-order valence-electron chi connectivity index (χ3n) is 4.42. The van der Waals surface area contributed by atoms with Crippen LogP contribution in [0.25, 0.3) is 0 Å². The fraction of sp³-hybridized carbons (Fsp3) is 0.421. The Kier molecular flexibility index (Phi) is 5.58. The summed E-state index contributed by atoms with van der Waals surface area (Å²) in [5.41, 5.74) is 1.49. The number of para-hydroxylation sites is 1. The molecule has 5 nitrogen and oxygen atoms in total. The lowest BCUT2D eigenvalue weighted by atomic mass is 10.1. The number of unbranched alkanes of at least 4 members (excludes halogenated alkanes) is 1. The highest BCUT2D eigenvalue weighted by molar-refractivity contribution is 7.99. The first-order valence-corrected chi connectivity index (χ1v) is 9.66. The van der Waals surface area contributed by atoms with Crippen molar-refractivity contribution in [2.75, 3.05) is 17.2 Å². The molecule has 0 saturated heterocycles. The number of rotatable bonds is 5. The second-order valence-corrected chi connectivity index (χ2v) is 7.31. The second kappa shape index (κ2) is 7.87. The first-order chi connectivity index (χ1) is 12.1. The van der Waals surface area contributed by atoms with Crippen molar-refractivity contribution in [2.24, 2.45) is 5.92 Å². The number of anilines is 1. The SMILES string of the molecule is CCCCN(C(=O)C1CSc2ncc(C)c(=O)n2C1)c1ccccc1. The van der Waals surface area contributed by atoms with Gasteiger partial charge in [-0.05, 0) is 25.5 Å². The Morgan fingerprint density at radius 3 is 2.84 bits per heavy atom. The standard InChI is InChI=1S/C19H23N3O2S/c1-3-4-10-21(16-8-6-5-7-9-16)18(24)15-12-22-17(23)14(2)11-20-19(22)25-13-15/h5-9,11,15H,3-4,10,12-13H2,1-2H3. The van der Waals surface area contributed by atoms with Crippen LogP contribution in [0.2, 0.25) is 0 Å². The highest BCUT2D eigenvalue weighted by Gasteiger charge is 2.30. The summed E-state index contributed by atoms with van der Waals surface area (Å²) in [6.45, 7) is 4.99. The molecule has 1 aliphatic rings. The minimum absolute atomic E-state index is 0.0465. The molecule has 6 heteroatoms. The van der Waals surface area contributed by atoms with Crippen LogP contribution >= 0.6 is 11.8 Å². The Hall–Kier alpha value is -2.08. The number of hydrogen-bond donors (Lipinski definition) is 0. The Balaban J connectivity index is 1.85. The fourth-order valence-electron chi connectivity index (χ4n) is 2.96. The number of aromatic nitrogens is 2. The Morgan fingerprint density at radius 2 is 2.12 bits per heavy atom. The van der Waals surface area contributed by atoms with Crippen molar-refractivity contribution in [3.8, 4) is 0 Å². The normalized spacial score (nSPS) is 16.3. The van der Waals surface area contributed by atoms with E-state index >= 15 is 0 Å². The zero-order chi connectivity index (χ0) is 17.8. The third kappa shape index (κ3) is 3.79. The van der Waals surface area contributed by atoms with E-state index in [0.29, 0.717) is 29.6 Å². The van der Waals surface area contributed by atoms with Crippen molar-refractivity contribution < 1.29 is 4.79 Å². The van der Waals surface area contributed by atoms with Crippen LogP contribution in [0.4, 0.5) is 5.69 Å². The van der Waals surface area contributed by atoms with Crippen LogP contribution in [0.15, 0.2) is 46.5 Å². The maximum Gasteiger partial charge on any atom is 0.257 e. The topological polar surface area (TPSA) is 55.2 Å². The number of thioether (sulfide) groups is 1. The zero-order valence-electron chi connectivity index (χ0n) is 14.6. The fourth-order valence-corrected chi connectivity index (χ4v) is 4.00. The summed E-state index contributed by atoms with van der Waals surface area (Å²) in [5, 5.41) is 0.708. The van der Waals surface area contributed by atoms with Crippen molar-refractivity contribution in [3.63, 3.8) is 0 Å². The maximum absolute atomic E-state index is 13.2. The van der Waals surface area contributed by atoms with Crippen LogP contribution in [-0.2, 0) is 11.3 Å². The van der Waals surface area contributed by atoms with Gasteiger partial charge in [-0.1, -0.05) is 43.3 Å². The molecule has 132 valence electrons. The number of carbonyl (C=O) groups excluding carboxylic acids is 1. The van der Waals surface area contributed by atoms with Crippen LogP contribution in [0.3, 0.4) is 0 Å². The van der Waals surface area contributed by atoms with Gasteiger partial charge in [0.1, 0.15) is 0 Å². The lowest BCUT2D eigenvalue weighted by Gasteiger charge is -2.30. The van der Waals surface area contributed by atoms with E-state index in [1.807, 2.05) is 35.2 Å². The molecule has 1 aromatic carbocycles. The van der Waals surface area contributed by atoms with Crippen molar-refractivity contribution in [3.05, 3.63) is 52.4 Å². The Bertz CT molecular complexity index is 804. The van der Waals surface area contributed by atoms with Gasteiger partial charge in [-0.3, -0.25) is 14.2 Å². The molecule has 0 saturated carbocycles. The summed E-state index contributed by atoms with van der Waals surface area (Å²) in [5.74, 6) is 0.533. The average molecular weight is 357 g/mol. The predicted octanol–water partition coefficient (Wildman–Crippen LogP) is 3.11. The summed E-state index contributed by atoms with van der Waals surface area (Å²) in [6.07, 6.45) is 3.60. The molecule has 2 aromatic rings. The van der Waals surface area contributed by atoms with Crippen molar-refractivity contribution in [1.29, 1.82) is 0 Å². The van der Waals surface area contributed by atoms with E-state index in [2.05, 4.69) is 11.9 Å². The van der Waals surface area contributed by atoms with E-state index in [1.165, 1.54) is 11.8 Å². The molecule has 0 radical (unpaired) electrons. The first kappa shape index (κ1) is 17.7. The number of hydrogen-bond acceptors (Lipinski definition) is 4. The molecular weight excluding hydrogens is 334 g/mol. The summed E-state index contributed by atoms with van der Waals surface area (Å²) in [6, 6.07) is 9.78. The molecular formula is C19H23N3O2S. The summed E-state index contributed by atoms with van der Waals surface area (Å²) in [4.78, 5) is 31.8. The number of aryl methyl sites for hydroxylation is 1. The maximum atomic E-state index is 13.2. The van der Waals surface area contributed by atoms with Gasteiger partial charge in [0.05, 0.1) is 5.92 Å². The molecule has 1 atom stereocenters. The molecule has 2 heterocycles. The van der Waals surface area contributed by atoms with Gasteiger partial charge in [-0.25, -0.2) is 4.98 Å². The van der Waals surface area contributed by atoms with Crippen LogP contribution < -0.4 is 10.5 Å². The van der Waals surface area contributed by atoms with E-state index in [0.717, 1.165) is 18.5 Å². The molecule has 1 aromatic heterocycles. The number of fused-ring (bicyclic) bond motifs is 1. The lowest BCUT2D eigenvalue weighted by molar-refractivity contribution is -0.122. The Morgan fingerprint density at radius 1 is 1.36 bits per heavy atom. The zero-order valence-corrected chi connectivity index (χ0v) is 15.5. The Labute approximate surface area is 152 Å². The summed E-state index contributed by atoms with van der Waals surface area (Å²) >= 11 is 1.49. The lowest BCUT2D eigenvalue weighted by Crippen LogP contribution is -2.43. The van der Waals surface area contributed by atoms with Gasteiger partial charge in [0.15, 0.2) is 5.16 Å². The highest BCUT2D eigenvalue weighted by atomic mass is 32.2. The minimum atomic E-state index is -0.212. The average Bonchev–Trinajstić information content (AvgIpc) is 2.65. The molecule has 0 N–H and O–H groups in total. The van der Waals surface area contributed by atoms with Gasteiger partial charge in [0.25, 0.3) is 5.56 Å². The molecule has 25 heavy (non-hydrogen) atoms. The van der Waals surface area contributed by atoms with E-state index in [-0.39, 0.29) is 17.4 Å². The van der Waals surface area contributed by atoms with E-state index in [1.54, 1.807) is 17.7 Å². The molecule has 0 fully saturated rings. The molecule has 1 amide bonds. The molecule has 0 spiro atoms. The van der Waals surface area contributed by atoms with Gasteiger partial charge >= 0.3 is 0 Å². The van der Waals surface area contributed by atoms with Gasteiger partial charge in [0, 0.05) is 36.3 Å². The minimum Gasteiger partial charge on any atom is -0.312 e. The van der Waals surface area contributed by atoms with Crippen molar-refractivity contribution in [1.82, 2.24) is 9.55 Å². The van der Waals surface area contributed by atoms with Crippen LogP contribution in [-0.4, -0.2) is 27.8 Å². The van der Waals surface area contributed by atoms with Gasteiger partial charge in [-0.15, -0.1) is 0 Å². The molecule has 0 bridgehead atoms.